The Hall–Kier alpha value is -6.63. The fraction of sp³-hybridized carbons (Fsp3) is 0. The van der Waals surface area contributed by atoms with Crippen molar-refractivity contribution in [2.75, 3.05) is 0 Å². The highest BCUT2D eigenvalue weighted by atomic mass is 14.9. The van der Waals surface area contributed by atoms with Crippen molar-refractivity contribution in [2.45, 2.75) is 0 Å². The smallest absolute Gasteiger partial charge is 0.160 e. The first kappa shape index (κ1) is 27.7. The SMILES string of the molecule is C#Cc1cccc(-c2cc(-c3cccc(-c4c5ccc6ccccc6c5nc5c4ccc4ccccc45)c3)nc(-c3ccccc3)n2)c1. The van der Waals surface area contributed by atoms with Crippen LogP contribution in [0.15, 0.2) is 158 Å². The first-order chi connectivity index (χ1) is 23.7. The normalized spacial score (nSPS) is 11.3. The van der Waals surface area contributed by atoms with E-state index in [1.165, 1.54) is 10.8 Å². The van der Waals surface area contributed by atoms with Gasteiger partial charge >= 0.3 is 0 Å². The molecule has 0 unspecified atom stereocenters. The molecule has 9 rings (SSSR count). The molecule has 0 fully saturated rings. The predicted octanol–water partition coefficient (Wildman–Crippen LogP) is 11.1. The third-order valence-electron chi connectivity index (χ3n) is 9.09. The topological polar surface area (TPSA) is 38.7 Å². The van der Waals surface area contributed by atoms with Gasteiger partial charge in [-0.1, -0.05) is 139 Å². The summed E-state index contributed by atoms with van der Waals surface area (Å²) in [5, 5.41) is 6.87. The van der Waals surface area contributed by atoms with E-state index in [0.29, 0.717) is 5.82 Å². The summed E-state index contributed by atoms with van der Waals surface area (Å²) in [4.78, 5) is 15.5. The van der Waals surface area contributed by atoms with Crippen LogP contribution in [0, 0.1) is 12.3 Å². The van der Waals surface area contributed by atoms with Crippen LogP contribution in [0.2, 0.25) is 0 Å². The van der Waals surface area contributed by atoms with Gasteiger partial charge in [-0.25, -0.2) is 15.0 Å². The third-order valence-corrected chi connectivity index (χ3v) is 9.09. The largest absolute Gasteiger partial charge is 0.246 e. The van der Waals surface area contributed by atoms with Gasteiger partial charge in [0.25, 0.3) is 0 Å². The highest BCUT2D eigenvalue weighted by Gasteiger charge is 2.17. The van der Waals surface area contributed by atoms with Crippen LogP contribution in [-0.4, -0.2) is 15.0 Å². The highest BCUT2D eigenvalue weighted by molar-refractivity contribution is 6.21. The molecule has 3 heteroatoms. The van der Waals surface area contributed by atoms with Gasteiger partial charge < -0.3 is 0 Å². The minimum absolute atomic E-state index is 0.664. The van der Waals surface area contributed by atoms with Crippen molar-refractivity contribution in [3.63, 3.8) is 0 Å². The van der Waals surface area contributed by atoms with Gasteiger partial charge in [0.2, 0.25) is 0 Å². The highest BCUT2D eigenvalue weighted by Crippen LogP contribution is 2.41. The van der Waals surface area contributed by atoms with Crippen molar-refractivity contribution < 1.29 is 0 Å². The molecule has 0 aliphatic heterocycles. The summed E-state index contributed by atoms with van der Waals surface area (Å²) >= 11 is 0. The van der Waals surface area contributed by atoms with E-state index in [1.54, 1.807) is 0 Å². The van der Waals surface area contributed by atoms with Crippen LogP contribution >= 0.6 is 0 Å². The molecule has 7 aromatic carbocycles. The molecule has 0 radical (unpaired) electrons. The van der Waals surface area contributed by atoms with Crippen LogP contribution in [0.4, 0.5) is 0 Å². The van der Waals surface area contributed by atoms with Crippen molar-refractivity contribution in [1.29, 1.82) is 0 Å². The summed E-state index contributed by atoms with van der Waals surface area (Å²) in [5.74, 6) is 3.42. The number of nitrogens with zero attached hydrogens (tertiary/aromatic N) is 3. The zero-order valence-electron chi connectivity index (χ0n) is 25.9. The molecule has 0 saturated heterocycles. The lowest BCUT2D eigenvalue weighted by Crippen LogP contribution is -1.96. The molecule has 0 spiro atoms. The van der Waals surface area contributed by atoms with E-state index >= 15 is 0 Å². The molecule has 9 aromatic rings. The van der Waals surface area contributed by atoms with Crippen LogP contribution in [0.3, 0.4) is 0 Å². The van der Waals surface area contributed by atoms with Crippen LogP contribution in [0.1, 0.15) is 5.56 Å². The molecule has 0 aliphatic carbocycles. The number of hydrogen-bond acceptors (Lipinski definition) is 3. The van der Waals surface area contributed by atoms with Crippen LogP contribution in [0.25, 0.3) is 88.4 Å². The zero-order valence-corrected chi connectivity index (χ0v) is 25.9. The van der Waals surface area contributed by atoms with Crippen LogP contribution < -0.4 is 0 Å². The van der Waals surface area contributed by atoms with Crippen molar-refractivity contribution in [3.8, 4) is 57.4 Å². The van der Waals surface area contributed by atoms with Crippen molar-refractivity contribution in [2.24, 2.45) is 0 Å². The van der Waals surface area contributed by atoms with E-state index in [9.17, 15) is 0 Å². The summed E-state index contributed by atoms with van der Waals surface area (Å²) < 4.78 is 0. The van der Waals surface area contributed by atoms with Crippen LogP contribution in [0.5, 0.6) is 0 Å². The van der Waals surface area contributed by atoms with Gasteiger partial charge in [-0.15, -0.1) is 6.42 Å². The van der Waals surface area contributed by atoms with E-state index in [-0.39, 0.29) is 0 Å². The number of pyridine rings is 1. The summed E-state index contributed by atoms with van der Waals surface area (Å²) in [7, 11) is 0. The van der Waals surface area contributed by atoms with E-state index in [0.717, 1.165) is 77.3 Å². The second-order valence-electron chi connectivity index (χ2n) is 12.0. The Morgan fingerprint density at radius 2 is 0.938 bits per heavy atom. The second-order valence-corrected chi connectivity index (χ2v) is 12.0. The number of aromatic nitrogens is 3. The fourth-order valence-corrected chi connectivity index (χ4v) is 6.78. The van der Waals surface area contributed by atoms with Crippen molar-refractivity contribution in [3.05, 3.63) is 163 Å². The summed E-state index contributed by atoms with van der Waals surface area (Å²) in [6, 6.07) is 54.6. The molecule has 0 aliphatic rings. The quantitative estimate of drug-likeness (QED) is 0.113. The van der Waals surface area contributed by atoms with Crippen molar-refractivity contribution in [1.82, 2.24) is 15.0 Å². The van der Waals surface area contributed by atoms with Gasteiger partial charge in [0.05, 0.1) is 22.4 Å². The molecule has 48 heavy (non-hydrogen) atoms. The molecule has 2 aromatic heterocycles. The van der Waals surface area contributed by atoms with Gasteiger partial charge in [0.1, 0.15) is 0 Å². The van der Waals surface area contributed by atoms with Gasteiger partial charge in [0, 0.05) is 49.4 Å². The lowest BCUT2D eigenvalue weighted by molar-refractivity contribution is 1.18. The van der Waals surface area contributed by atoms with Gasteiger partial charge in [-0.3, -0.25) is 0 Å². The maximum Gasteiger partial charge on any atom is 0.160 e. The molecule has 222 valence electrons. The molecule has 0 N–H and O–H groups in total. The van der Waals surface area contributed by atoms with Crippen LogP contribution in [-0.2, 0) is 0 Å². The number of rotatable bonds is 4. The first-order valence-electron chi connectivity index (χ1n) is 16.0. The molecule has 3 nitrogen and oxygen atoms in total. The number of terminal acetylenes is 1. The summed E-state index contributed by atoms with van der Waals surface area (Å²) in [5.41, 5.74) is 9.64. The maximum absolute atomic E-state index is 5.76. The van der Waals surface area contributed by atoms with E-state index in [2.05, 4.69) is 109 Å². The Kier molecular flexibility index (Phi) is 6.52. The van der Waals surface area contributed by atoms with Gasteiger partial charge in [-0.2, -0.15) is 0 Å². The Morgan fingerprint density at radius 3 is 1.58 bits per heavy atom. The molecule has 0 saturated carbocycles. The van der Waals surface area contributed by atoms with Gasteiger partial charge in [-0.05, 0) is 40.6 Å². The summed E-state index contributed by atoms with van der Waals surface area (Å²) in [6.45, 7) is 0. The average Bonchev–Trinajstić information content (AvgIpc) is 3.17. The maximum atomic E-state index is 5.76. The van der Waals surface area contributed by atoms with E-state index in [4.69, 9.17) is 21.4 Å². The second kappa shape index (κ2) is 11.3. The Bertz CT molecular complexity index is 2650. The zero-order chi connectivity index (χ0) is 32.0. The lowest BCUT2D eigenvalue weighted by atomic mass is 9.91. The third kappa shape index (κ3) is 4.67. The minimum atomic E-state index is 0.664. The summed E-state index contributed by atoms with van der Waals surface area (Å²) in [6.07, 6.45) is 5.76. The average molecular weight is 610 g/mol. The molecular weight excluding hydrogens is 583 g/mol. The number of benzene rings is 7. The van der Waals surface area contributed by atoms with E-state index < -0.39 is 0 Å². The Balaban J connectivity index is 1.31. The predicted molar refractivity (Wildman–Crippen MR) is 200 cm³/mol. The number of hydrogen-bond donors (Lipinski definition) is 0. The first-order valence-corrected chi connectivity index (χ1v) is 16.0. The Labute approximate surface area is 278 Å². The molecular formula is C45H27N3. The monoisotopic (exact) mass is 609 g/mol. The lowest BCUT2D eigenvalue weighted by Gasteiger charge is -2.16. The molecule has 0 amide bonds. The molecule has 0 bridgehead atoms. The van der Waals surface area contributed by atoms with Crippen molar-refractivity contribution >= 4 is 43.4 Å². The standard InChI is InChI=1S/C45H27N3/c1-2-29-12-10-17-33(26-29)40-28-41(47-45(46-40)32-15-4-3-5-16-32)34-18-11-19-35(27-34)42-38-24-22-30-13-6-8-20-36(30)43(38)48-44-37-21-9-7-14-31(37)23-25-39(42)44/h1,3-28H. The molecule has 0 atom stereocenters. The van der Waals surface area contributed by atoms with Gasteiger partial charge in [0.15, 0.2) is 5.82 Å². The van der Waals surface area contributed by atoms with E-state index in [1.807, 2.05) is 54.6 Å². The minimum Gasteiger partial charge on any atom is -0.246 e. The number of fused-ring (bicyclic) bond motifs is 6. The fourth-order valence-electron chi connectivity index (χ4n) is 6.78. The Morgan fingerprint density at radius 1 is 0.396 bits per heavy atom. The molecule has 2 heterocycles.